The summed E-state index contributed by atoms with van der Waals surface area (Å²) >= 11 is 6.79. The molecule has 0 saturated carbocycles. The van der Waals surface area contributed by atoms with Crippen molar-refractivity contribution in [1.82, 2.24) is 0 Å². The fourth-order valence-electron chi connectivity index (χ4n) is 2.46. The van der Waals surface area contributed by atoms with E-state index in [9.17, 15) is 4.79 Å². The van der Waals surface area contributed by atoms with Gasteiger partial charge in [-0.25, -0.2) is 0 Å². The second-order valence-corrected chi connectivity index (χ2v) is 7.19. The molecule has 1 aromatic rings. The van der Waals surface area contributed by atoms with Gasteiger partial charge >= 0.3 is 0 Å². The number of nitrogens with zero attached hydrogens (tertiary/aromatic N) is 1. The van der Waals surface area contributed by atoms with Crippen molar-refractivity contribution >= 4 is 45.5 Å². The van der Waals surface area contributed by atoms with Gasteiger partial charge in [-0.05, 0) is 43.3 Å². The van der Waals surface area contributed by atoms with Crippen LogP contribution in [0, 0.1) is 0 Å². The lowest BCUT2D eigenvalue weighted by atomic mass is 10.2. The molecule has 1 atom stereocenters. The summed E-state index contributed by atoms with van der Waals surface area (Å²) in [7, 11) is 1.56. The Kier molecular flexibility index (Phi) is 5.23. The lowest BCUT2D eigenvalue weighted by Gasteiger charge is -2.29. The van der Waals surface area contributed by atoms with Crippen LogP contribution in [-0.4, -0.2) is 29.9 Å². The van der Waals surface area contributed by atoms with Gasteiger partial charge in [0, 0.05) is 12.1 Å². The normalized spacial score (nSPS) is 22.6. The average Bonchev–Trinajstić information content (AvgIpc) is 2.97. The van der Waals surface area contributed by atoms with E-state index >= 15 is 0 Å². The van der Waals surface area contributed by atoms with E-state index in [0.29, 0.717) is 9.23 Å². The van der Waals surface area contributed by atoms with Crippen LogP contribution < -0.4 is 10.4 Å². The van der Waals surface area contributed by atoms with Crippen molar-refractivity contribution in [2.24, 2.45) is 0 Å². The van der Waals surface area contributed by atoms with Crippen LogP contribution >= 0.6 is 24.0 Å². The fraction of sp³-hybridized carbons (Fsp3) is 0.294. The second-order valence-electron chi connectivity index (χ2n) is 5.51. The number of nitrogens with one attached hydrogen (secondary N) is 1. The molecule has 1 unspecified atom stereocenters. The third-order valence-corrected chi connectivity index (χ3v) is 5.09. The maximum atomic E-state index is 12.5. The highest BCUT2D eigenvalue weighted by molar-refractivity contribution is 8.26. The summed E-state index contributed by atoms with van der Waals surface area (Å²) in [6.07, 6.45) is 4.84. The molecule has 2 heterocycles. The van der Waals surface area contributed by atoms with Gasteiger partial charge in [-0.1, -0.05) is 24.0 Å². The first kappa shape index (κ1) is 17.0. The Balaban J connectivity index is 1.72. The minimum absolute atomic E-state index is 0.0387. The highest BCUT2D eigenvalue weighted by atomic mass is 32.2. The van der Waals surface area contributed by atoms with E-state index in [-0.39, 0.29) is 18.4 Å². The Hall–Kier alpha value is -1.83. The van der Waals surface area contributed by atoms with Crippen LogP contribution in [0.5, 0.6) is 0 Å². The number of thioether (sulfide) groups is 1. The van der Waals surface area contributed by atoms with Gasteiger partial charge < -0.3 is 9.64 Å². The maximum absolute atomic E-state index is 12.5. The number of Topliss-reactive ketones (excluding diaryl/α,β-unsaturated/α-hetero) is 1. The first-order valence-electron chi connectivity index (χ1n) is 7.57. The van der Waals surface area contributed by atoms with Crippen molar-refractivity contribution in [3.63, 3.8) is 0 Å². The summed E-state index contributed by atoms with van der Waals surface area (Å²) in [6, 6.07) is 7.56. The largest absolute Gasteiger partial charge is 0.491 e. The van der Waals surface area contributed by atoms with Gasteiger partial charge in [-0.15, -0.1) is 0 Å². The predicted molar refractivity (Wildman–Crippen MR) is 101 cm³/mol. The molecular formula is C17H18N2O3S2. The molecule has 1 fully saturated rings. The predicted octanol–water partition coefficient (Wildman–Crippen LogP) is 3.64. The molecule has 2 aliphatic rings. The monoisotopic (exact) mass is 362 g/mol. The van der Waals surface area contributed by atoms with Crippen LogP contribution in [-0.2, 0) is 14.4 Å². The average molecular weight is 362 g/mol. The molecule has 0 aromatic heterocycles. The van der Waals surface area contributed by atoms with Crippen molar-refractivity contribution in [2.45, 2.75) is 19.4 Å². The molecule has 0 radical (unpaired) electrons. The second kappa shape index (κ2) is 7.38. The number of ether oxygens (including phenoxy) is 1. The van der Waals surface area contributed by atoms with E-state index < -0.39 is 0 Å². The van der Waals surface area contributed by atoms with Gasteiger partial charge in [0.05, 0.1) is 30.4 Å². The summed E-state index contributed by atoms with van der Waals surface area (Å²) in [4.78, 5) is 19.8. The Morgan fingerprint density at radius 1 is 1.42 bits per heavy atom. The summed E-state index contributed by atoms with van der Waals surface area (Å²) < 4.78 is 6.29. The molecule has 1 aromatic carbocycles. The van der Waals surface area contributed by atoms with Crippen LogP contribution in [0.3, 0.4) is 0 Å². The minimum atomic E-state index is 0.0387. The zero-order chi connectivity index (χ0) is 17.1. The van der Waals surface area contributed by atoms with E-state index in [0.717, 1.165) is 23.6 Å². The number of ketones is 1. The highest BCUT2D eigenvalue weighted by Crippen LogP contribution is 2.33. The Morgan fingerprint density at radius 3 is 2.79 bits per heavy atom. The molecule has 5 nitrogen and oxygen atoms in total. The van der Waals surface area contributed by atoms with Gasteiger partial charge in [-0.2, -0.15) is 0 Å². The number of carbonyl (C=O) groups is 1. The molecule has 3 rings (SSSR count). The van der Waals surface area contributed by atoms with E-state index in [1.807, 2.05) is 42.2 Å². The molecule has 0 spiro atoms. The zero-order valence-corrected chi connectivity index (χ0v) is 15.1. The molecule has 7 heteroatoms. The summed E-state index contributed by atoms with van der Waals surface area (Å²) in [5.74, 6) is 0.793. The molecular weight excluding hydrogens is 344 g/mol. The Morgan fingerprint density at radius 2 is 2.17 bits per heavy atom. The van der Waals surface area contributed by atoms with Crippen LogP contribution in [0.15, 0.2) is 47.1 Å². The van der Waals surface area contributed by atoms with Gasteiger partial charge in [0.2, 0.25) is 0 Å². The topological polar surface area (TPSA) is 50.8 Å². The van der Waals surface area contributed by atoms with Crippen molar-refractivity contribution in [3.8, 4) is 0 Å². The quantitative estimate of drug-likeness (QED) is 0.498. The maximum Gasteiger partial charge on any atom is 0.189 e. The number of rotatable bonds is 4. The minimum Gasteiger partial charge on any atom is -0.491 e. The lowest BCUT2D eigenvalue weighted by molar-refractivity contribution is -0.113. The number of thiocarbonyl (C=S) groups is 1. The number of allylic oxidation sites excluding steroid dienone is 1. The van der Waals surface area contributed by atoms with E-state index in [1.165, 1.54) is 11.8 Å². The fourth-order valence-corrected chi connectivity index (χ4v) is 3.72. The molecule has 1 saturated heterocycles. The highest BCUT2D eigenvalue weighted by Gasteiger charge is 2.28. The SMILES string of the molecule is CONc1ccc(N2CC(=O)/C(=C/C3=CCC(C)O3)SC2=S)cc1. The van der Waals surface area contributed by atoms with Crippen LogP contribution in [0.1, 0.15) is 13.3 Å². The molecule has 0 aliphatic carbocycles. The van der Waals surface area contributed by atoms with Gasteiger partial charge in [-0.3, -0.25) is 15.1 Å². The molecule has 2 aliphatic heterocycles. The smallest absolute Gasteiger partial charge is 0.189 e. The zero-order valence-electron chi connectivity index (χ0n) is 13.4. The lowest BCUT2D eigenvalue weighted by Crippen LogP contribution is -2.37. The number of hydrogen-bond donors (Lipinski definition) is 1. The number of hydrogen-bond acceptors (Lipinski definition) is 6. The number of benzene rings is 1. The summed E-state index contributed by atoms with van der Waals surface area (Å²) in [6.45, 7) is 2.24. The van der Waals surface area contributed by atoms with Crippen LogP contribution in [0.25, 0.3) is 0 Å². The first-order valence-corrected chi connectivity index (χ1v) is 8.79. The molecule has 126 valence electrons. The van der Waals surface area contributed by atoms with Crippen molar-refractivity contribution < 1.29 is 14.4 Å². The summed E-state index contributed by atoms with van der Waals surface area (Å²) in [5, 5.41) is 0. The van der Waals surface area contributed by atoms with Crippen LogP contribution in [0.2, 0.25) is 0 Å². The van der Waals surface area contributed by atoms with Gasteiger partial charge in [0.15, 0.2) is 5.78 Å². The van der Waals surface area contributed by atoms with E-state index in [1.54, 1.807) is 13.2 Å². The molecule has 1 N–H and O–H groups in total. The summed E-state index contributed by atoms with van der Waals surface area (Å²) in [5.41, 5.74) is 4.47. The van der Waals surface area contributed by atoms with Crippen molar-refractivity contribution in [1.29, 1.82) is 0 Å². The third-order valence-electron chi connectivity index (χ3n) is 3.65. The third kappa shape index (κ3) is 3.80. The van der Waals surface area contributed by atoms with Gasteiger partial charge in [0.25, 0.3) is 0 Å². The Bertz CT molecular complexity index is 713. The van der Waals surface area contributed by atoms with Crippen molar-refractivity contribution in [2.75, 3.05) is 24.0 Å². The molecule has 0 bridgehead atoms. The van der Waals surface area contributed by atoms with E-state index in [2.05, 4.69) is 5.48 Å². The molecule has 24 heavy (non-hydrogen) atoms. The van der Waals surface area contributed by atoms with Crippen LogP contribution in [0.4, 0.5) is 11.4 Å². The Labute approximate surface area is 150 Å². The van der Waals surface area contributed by atoms with E-state index in [4.69, 9.17) is 21.8 Å². The molecule has 0 amide bonds. The number of carbonyl (C=O) groups excluding carboxylic acids is 1. The first-order chi connectivity index (χ1) is 11.6. The number of anilines is 2. The standard InChI is InChI=1S/C17H18N2O3S2/c1-11-3-8-14(22-11)9-16-15(20)10-19(17(23)24-16)13-6-4-12(5-7-13)18-21-2/h4-9,11,18H,3,10H2,1-2H3/b16-9-. The van der Waals surface area contributed by atoms with Crippen molar-refractivity contribution in [3.05, 3.63) is 47.1 Å². The van der Waals surface area contributed by atoms with Gasteiger partial charge in [0.1, 0.15) is 10.1 Å².